The molecule has 0 aliphatic heterocycles. The zero-order chi connectivity index (χ0) is 22.0. The number of allylic oxidation sites excluding steroid dienone is 1. The molecule has 7 heteroatoms. The number of carbonyl (C=O) groups is 2. The van der Waals surface area contributed by atoms with Gasteiger partial charge in [-0.25, -0.2) is 9.48 Å². The molecule has 3 rings (SSSR count). The number of carbonyl (C=O) groups excluding carboxylic acids is 2. The van der Waals surface area contributed by atoms with Crippen LogP contribution in [0.15, 0.2) is 42.0 Å². The van der Waals surface area contributed by atoms with E-state index < -0.39 is 11.9 Å². The minimum atomic E-state index is -0.463. The third kappa shape index (κ3) is 3.80. The van der Waals surface area contributed by atoms with Gasteiger partial charge in [0.1, 0.15) is 11.6 Å². The molecular weight excluding hydrogens is 380 g/mol. The summed E-state index contributed by atoms with van der Waals surface area (Å²) in [5.74, 6) is -0.859. The molecule has 152 valence electrons. The molecule has 0 fully saturated rings. The Labute approximate surface area is 174 Å². The summed E-state index contributed by atoms with van der Waals surface area (Å²) in [5.41, 5.74) is 5.28. The van der Waals surface area contributed by atoms with Gasteiger partial charge in [0.05, 0.1) is 18.4 Å². The largest absolute Gasteiger partial charge is 0.465 e. The molecule has 1 aromatic carbocycles. The van der Waals surface area contributed by atoms with E-state index in [1.807, 2.05) is 42.7 Å². The summed E-state index contributed by atoms with van der Waals surface area (Å²) in [6.07, 6.45) is 1.58. The van der Waals surface area contributed by atoms with Gasteiger partial charge in [-0.15, -0.1) is 0 Å². The van der Waals surface area contributed by atoms with E-state index in [9.17, 15) is 14.9 Å². The number of hydrogen-bond donors (Lipinski definition) is 0. The number of nitrogens with zero attached hydrogens (tertiary/aromatic N) is 4. The normalized spacial score (nSPS) is 11.3. The van der Waals surface area contributed by atoms with E-state index >= 15 is 0 Å². The minimum Gasteiger partial charge on any atom is -0.465 e. The zero-order valence-electron chi connectivity index (χ0n) is 17.6. The van der Waals surface area contributed by atoms with Crippen LogP contribution >= 0.6 is 0 Å². The van der Waals surface area contributed by atoms with E-state index in [0.29, 0.717) is 17.0 Å². The number of hydrogen-bond acceptors (Lipinski definition) is 5. The predicted octanol–water partition coefficient (Wildman–Crippen LogP) is 3.94. The highest BCUT2D eigenvalue weighted by molar-refractivity contribution is 6.03. The summed E-state index contributed by atoms with van der Waals surface area (Å²) >= 11 is 0. The van der Waals surface area contributed by atoms with Gasteiger partial charge >= 0.3 is 5.97 Å². The van der Waals surface area contributed by atoms with E-state index in [-0.39, 0.29) is 5.57 Å². The number of aromatic nitrogens is 3. The molecule has 0 atom stereocenters. The molecule has 0 saturated carbocycles. The minimum absolute atomic E-state index is 0.00230. The van der Waals surface area contributed by atoms with Crippen LogP contribution < -0.4 is 0 Å². The summed E-state index contributed by atoms with van der Waals surface area (Å²) < 4.78 is 7.98. The third-order valence-corrected chi connectivity index (χ3v) is 4.87. The first-order valence-electron chi connectivity index (χ1n) is 9.34. The van der Waals surface area contributed by atoms with E-state index in [1.165, 1.54) is 11.8 Å². The maximum Gasteiger partial charge on any atom is 0.337 e. The Morgan fingerprint density at radius 3 is 2.27 bits per heavy atom. The fraction of sp³-hybridized carbons (Fsp3) is 0.217. The van der Waals surface area contributed by atoms with Crippen LogP contribution in [-0.4, -0.2) is 33.3 Å². The van der Waals surface area contributed by atoms with Crippen molar-refractivity contribution in [3.05, 3.63) is 75.9 Å². The van der Waals surface area contributed by atoms with Gasteiger partial charge in [0.2, 0.25) is 0 Å². The molecule has 2 heterocycles. The molecule has 0 aliphatic carbocycles. The van der Waals surface area contributed by atoms with Crippen molar-refractivity contribution in [1.82, 2.24) is 14.3 Å². The lowest BCUT2D eigenvalue weighted by Crippen LogP contribution is -2.15. The highest BCUT2D eigenvalue weighted by atomic mass is 16.5. The van der Waals surface area contributed by atoms with Crippen LogP contribution in [0.1, 0.15) is 43.5 Å². The number of methoxy groups -OCH3 is 1. The van der Waals surface area contributed by atoms with Crippen LogP contribution in [0.25, 0.3) is 11.8 Å². The highest BCUT2D eigenvalue weighted by Crippen LogP contribution is 2.24. The maximum absolute atomic E-state index is 12.8. The topological polar surface area (TPSA) is 89.9 Å². The van der Waals surface area contributed by atoms with Gasteiger partial charge in [0.15, 0.2) is 0 Å². The van der Waals surface area contributed by atoms with Crippen LogP contribution in [0.5, 0.6) is 0 Å². The second kappa shape index (κ2) is 8.21. The van der Waals surface area contributed by atoms with Gasteiger partial charge < -0.3 is 9.30 Å². The van der Waals surface area contributed by atoms with E-state index in [0.717, 1.165) is 22.6 Å². The summed E-state index contributed by atoms with van der Waals surface area (Å²) in [4.78, 5) is 24.4. The molecule has 0 N–H and O–H groups in total. The molecule has 0 saturated heterocycles. The Balaban J connectivity index is 2.00. The lowest BCUT2D eigenvalue weighted by atomic mass is 10.1. The lowest BCUT2D eigenvalue weighted by molar-refractivity contribution is 0.0600. The first-order chi connectivity index (χ1) is 14.3. The third-order valence-electron chi connectivity index (χ3n) is 4.87. The van der Waals surface area contributed by atoms with E-state index in [1.54, 1.807) is 38.1 Å². The fourth-order valence-electron chi connectivity index (χ4n) is 3.44. The molecule has 7 nitrogen and oxygen atoms in total. The van der Waals surface area contributed by atoms with Crippen molar-refractivity contribution in [1.29, 1.82) is 5.26 Å². The Morgan fingerprint density at radius 1 is 1.07 bits per heavy atom. The molecule has 0 amide bonds. The molecule has 0 bridgehead atoms. The standard InChI is InChI=1S/C23H22N4O3/c1-14-10-16(3)27(25-14)22(28)20(13-24)12-19-11-15(2)26(17(19)4)21-8-6-18(7-9-21)23(29)30-5/h6-12H,1-5H3/b20-12+. The van der Waals surface area contributed by atoms with Crippen molar-refractivity contribution in [2.24, 2.45) is 0 Å². The number of nitriles is 1. The average molecular weight is 402 g/mol. The van der Waals surface area contributed by atoms with Crippen LogP contribution in [-0.2, 0) is 4.74 Å². The SMILES string of the molecule is COC(=O)c1ccc(-n2c(C)cc(/C=C(\C#N)C(=O)n3nc(C)cc3C)c2C)cc1. The monoisotopic (exact) mass is 402 g/mol. The van der Waals surface area contributed by atoms with Gasteiger partial charge in [0.25, 0.3) is 5.91 Å². The van der Waals surface area contributed by atoms with Crippen LogP contribution in [0, 0.1) is 39.0 Å². The Hall–Kier alpha value is -3.92. The Bertz CT molecular complexity index is 1200. The Kier molecular flexibility index (Phi) is 5.70. The second-order valence-corrected chi connectivity index (χ2v) is 7.01. The number of aryl methyl sites for hydroxylation is 3. The first kappa shape index (κ1) is 20.8. The molecule has 0 aliphatic rings. The summed E-state index contributed by atoms with van der Waals surface area (Å²) in [6.45, 7) is 7.42. The van der Waals surface area contributed by atoms with Crippen LogP contribution in [0.2, 0.25) is 0 Å². The number of benzene rings is 1. The Morgan fingerprint density at radius 2 is 1.73 bits per heavy atom. The molecule has 30 heavy (non-hydrogen) atoms. The molecule has 3 aromatic rings. The molecule has 0 unspecified atom stereocenters. The predicted molar refractivity (Wildman–Crippen MR) is 113 cm³/mol. The van der Waals surface area contributed by atoms with Crippen molar-refractivity contribution in [3.8, 4) is 11.8 Å². The molecule has 2 aromatic heterocycles. The quantitative estimate of drug-likeness (QED) is 0.375. The van der Waals surface area contributed by atoms with Crippen molar-refractivity contribution in [3.63, 3.8) is 0 Å². The van der Waals surface area contributed by atoms with E-state index in [4.69, 9.17) is 4.74 Å². The van der Waals surface area contributed by atoms with Gasteiger partial charge in [0, 0.05) is 22.8 Å². The summed E-state index contributed by atoms with van der Waals surface area (Å²) in [6, 6.07) is 12.7. The van der Waals surface area contributed by atoms with Crippen molar-refractivity contribution < 1.29 is 14.3 Å². The average Bonchev–Trinajstić information content (AvgIpc) is 3.22. The zero-order valence-corrected chi connectivity index (χ0v) is 17.6. The summed E-state index contributed by atoms with van der Waals surface area (Å²) in [5, 5.41) is 13.8. The van der Waals surface area contributed by atoms with Crippen molar-refractivity contribution >= 4 is 18.0 Å². The first-order valence-corrected chi connectivity index (χ1v) is 9.34. The maximum atomic E-state index is 12.8. The van der Waals surface area contributed by atoms with Gasteiger partial charge in [-0.1, -0.05) is 0 Å². The molecule has 0 radical (unpaired) electrons. The van der Waals surface area contributed by atoms with E-state index in [2.05, 4.69) is 5.10 Å². The number of rotatable bonds is 4. The second-order valence-electron chi connectivity index (χ2n) is 7.01. The van der Waals surface area contributed by atoms with Crippen molar-refractivity contribution in [2.75, 3.05) is 7.11 Å². The molecule has 0 spiro atoms. The lowest BCUT2D eigenvalue weighted by Gasteiger charge is -2.10. The van der Waals surface area contributed by atoms with Crippen LogP contribution in [0.4, 0.5) is 0 Å². The number of ether oxygens (including phenoxy) is 1. The highest BCUT2D eigenvalue weighted by Gasteiger charge is 2.18. The van der Waals surface area contributed by atoms with Gasteiger partial charge in [-0.2, -0.15) is 10.4 Å². The van der Waals surface area contributed by atoms with Gasteiger partial charge in [-0.05, 0) is 75.7 Å². The smallest absolute Gasteiger partial charge is 0.337 e. The van der Waals surface area contributed by atoms with Crippen molar-refractivity contribution in [2.45, 2.75) is 27.7 Å². The fourth-order valence-corrected chi connectivity index (χ4v) is 3.44. The van der Waals surface area contributed by atoms with Gasteiger partial charge in [-0.3, -0.25) is 4.79 Å². The summed E-state index contributed by atoms with van der Waals surface area (Å²) in [7, 11) is 1.34. The molecular formula is C23H22N4O3. The van der Waals surface area contributed by atoms with Crippen LogP contribution in [0.3, 0.4) is 0 Å². The number of esters is 1.